The lowest BCUT2D eigenvalue weighted by molar-refractivity contribution is 0.137. The van der Waals surface area contributed by atoms with Gasteiger partial charge in [0.05, 0.1) is 37.9 Å². The van der Waals surface area contributed by atoms with E-state index < -0.39 is 43.5 Å². The Balaban J connectivity index is 2.42. The summed E-state index contributed by atoms with van der Waals surface area (Å²) in [5.74, 6) is -0.363. The van der Waals surface area contributed by atoms with Crippen LogP contribution in [-0.4, -0.2) is 71.2 Å². The minimum Gasteiger partial charge on any atom is -0.497 e. The van der Waals surface area contributed by atoms with E-state index in [1.165, 1.54) is 39.5 Å². The molecule has 130 valence electrons. The number of sulfonamides is 1. The molecule has 8 nitrogen and oxygen atoms in total. The molecule has 0 amide bonds. The first-order valence-corrected chi connectivity index (χ1v) is 9.97. The number of hydrogen-bond acceptors (Lipinski definition) is 7. The molecule has 2 atom stereocenters. The van der Waals surface area contributed by atoms with Crippen LogP contribution in [0.2, 0.25) is 0 Å². The van der Waals surface area contributed by atoms with Gasteiger partial charge in [-0.15, -0.1) is 0 Å². The number of ether oxygens (including phenoxy) is 2. The molecule has 1 saturated heterocycles. The van der Waals surface area contributed by atoms with Gasteiger partial charge in [0.15, 0.2) is 9.84 Å². The van der Waals surface area contributed by atoms with Gasteiger partial charge in [-0.25, -0.2) is 16.8 Å². The third-order valence-electron chi connectivity index (χ3n) is 3.79. The number of benzene rings is 1. The Kier molecular flexibility index (Phi) is 4.90. The molecule has 1 aliphatic heterocycles. The SMILES string of the molecule is COc1ccc(S(=O)(=O)N(C)[C@@H]2CS(=O)(=O)C[C@@H]2O)c(OC)c1. The van der Waals surface area contributed by atoms with Crippen molar-refractivity contribution in [3.63, 3.8) is 0 Å². The summed E-state index contributed by atoms with van der Waals surface area (Å²) >= 11 is 0. The number of aliphatic hydroxyl groups excluding tert-OH is 1. The highest BCUT2D eigenvalue weighted by molar-refractivity contribution is 7.92. The maximum Gasteiger partial charge on any atom is 0.246 e. The number of nitrogens with zero attached hydrogens (tertiary/aromatic N) is 1. The lowest BCUT2D eigenvalue weighted by atomic mass is 10.2. The second-order valence-electron chi connectivity index (χ2n) is 5.25. The van der Waals surface area contributed by atoms with Crippen LogP contribution >= 0.6 is 0 Å². The zero-order chi connectivity index (χ0) is 17.4. The molecule has 1 aliphatic rings. The van der Waals surface area contributed by atoms with Gasteiger partial charge in [0.2, 0.25) is 10.0 Å². The average Bonchev–Trinajstić information content (AvgIpc) is 2.78. The van der Waals surface area contributed by atoms with E-state index >= 15 is 0 Å². The number of aliphatic hydroxyl groups is 1. The Hall–Kier alpha value is -1.36. The van der Waals surface area contributed by atoms with Crippen LogP contribution in [0.1, 0.15) is 0 Å². The summed E-state index contributed by atoms with van der Waals surface area (Å²) in [7, 11) is -3.51. The van der Waals surface area contributed by atoms with Gasteiger partial charge in [-0.05, 0) is 12.1 Å². The number of sulfone groups is 1. The molecule has 0 saturated carbocycles. The van der Waals surface area contributed by atoms with Crippen molar-refractivity contribution >= 4 is 19.9 Å². The van der Waals surface area contributed by atoms with Crippen LogP contribution in [0.5, 0.6) is 11.5 Å². The quantitative estimate of drug-likeness (QED) is 0.748. The fourth-order valence-corrected chi connectivity index (χ4v) is 5.94. The maximum absolute atomic E-state index is 12.8. The van der Waals surface area contributed by atoms with Crippen LogP contribution in [0, 0.1) is 0 Å². The smallest absolute Gasteiger partial charge is 0.246 e. The molecule has 2 rings (SSSR count). The molecule has 1 fully saturated rings. The second kappa shape index (κ2) is 6.27. The fraction of sp³-hybridized carbons (Fsp3) is 0.538. The molecular weight excluding hydrogens is 346 g/mol. The Bertz CT molecular complexity index is 789. The highest BCUT2D eigenvalue weighted by Gasteiger charge is 2.43. The lowest BCUT2D eigenvalue weighted by Gasteiger charge is -2.26. The molecule has 0 aliphatic carbocycles. The number of methoxy groups -OCH3 is 2. The first-order chi connectivity index (χ1) is 10.6. The topological polar surface area (TPSA) is 110 Å². The predicted octanol–water partition coefficient (Wildman–Crippen LogP) is -0.518. The van der Waals surface area contributed by atoms with Crippen molar-refractivity contribution in [1.82, 2.24) is 4.31 Å². The molecule has 1 N–H and O–H groups in total. The summed E-state index contributed by atoms with van der Waals surface area (Å²) in [6.07, 6.45) is -1.26. The zero-order valence-corrected chi connectivity index (χ0v) is 14.6. The zero-order valence-electron chi connectivity index (χ0n) is 13.0. The third-order valence-corrected chi connectivity index (χ3v) is 7.41. The van der Waals surface area contributed by atoms with E-state index in [9.17, 15) is 21.9 Å². The van der Waals surface area contributed by atoms with E-state index in [1.54, 1.807) is 0 Å². The average molecular weight is 365 g/mol. The molecule has 0 spiro atoms. The van der Waals surface area contributed by atoms with Crippen molar-refractivity contribution in [2.75, 3.05) is 32.8 Å². The molecule has 23 heavy (non-hydrogen) atoms. The van der Waals surface area contributed by atoms with E-state index in [4.69, 9.17) is 9.47 Å². The molecule has 0 unspecified atom stereocenters. The van der Waals surface area contributed by atoms with Gasteiger partial charge in [0, 0.05) is 13.1 Å². The van der Waals surface area contributed by atoms with Crippen LogP contribution in [0.25, 0.3) is 0 Å². The standard InChI is InChI=1S/C13H19NO7S2/c1-14(10-7-22(16,17)8-11(10)15)23(18,19)13-5-4-9(20-2)6-12(13)21-3/h4-6,10-11,15H,7-8H2,1-3H3/t10-,11+/m1/s1. The minimum atomic E-state index is -4.04. The summed E-state index contributed by atoms with van der Waals surface area (Å²) in [5, 5.41) is 9.88. The first kappa shape index (κ1) is 18.0. The van der Waals surface area contributed by atoms with Crippen molar-refractivity contribution in [2.24, 2.45) is 0 Å². The molecule has 1 heterocycles. The Labute approximate surface area is 135 Å². The molecule has 0 radical (unpaired) electrons. The van der Waals surface area contributed by atoms with E-state index in [1.807, 2.05) is 0 Å². The van der Waals surface area contributed by atoms with Gasteiger partial charge in [0.1, 0.15) is 16.4 Å². The van der Waals surface area contributed by atoms with Gasteiger partial charge >= 0.3 is 0 Å². The molecular formula is C13H19NO7S2. The number of rotatable bonds is 5. The maximum atomic E-state index is 12.8. The van der Waals surface area contributed by atoms with Crippen LogP contribution in [0.4, 0.5) is 0 Å². The van der Waals surface area contributed by atoms with Crippen LogP contribution in [0.15, 0.2) is 23.1 Å². The predicted molar refractivity (Wildman–Crippen MR) is 82.9 cm³/mol. The van der Waals surface area contributed by atoms with E-state index in [0.717, 1.165) is 4.31 Å². The van der Waals surface area contributed by atoms with Crippen LogP contribution in [-0.2, 0) is 19.9 Å². The molecule has 10 heteroatoms. The van der Waals surface area contributed by atoms with Gasteiger partial charge in [-0.3, -0.25) is 0 Å². The molecule has 0 aromatic heterocycles. The van der Waals surface area contributed by atoms with Gasteiger partial charge in [0.25, 0.3) is 0 Å². The second-order valence-corrected chi connectivity index (χ2v) is 9.37. The lowest BCUT2D eigenvalue weighted by Crippen LogP contribution is -2.44. The van der Waals surface area contributed by atoms with Gasteiger partial charge in [-0.1, -0.05) is 0 Å². The summed E-state index contributed by atoms with van der Waals surface area (Å²) in [4.78, 5) is -0.125. The largest absolute Gasteiger partial charge is 0.497 e. The Morgan fingerprint density at radius 1 is 1.22 bits per heavy atom. The van der Waals surface area contributed by atoms with Crippen LogP contribution in [0.3, 0.4) is 0 Å². The monoisotopic (exact) mass is 365 g/mol. The Morgan fingerprint density at radius 3 is 2.35 bits per heavy atom. The fourth-order valence-electron chi connectivity index (χ4n) is 2.48. The van der Waals surface area contributed by atoms with Crippen molar-refractivity contribution in [3.05, 3.63) is 18.2 Å². The molecule has 1 aromatic carbocycles. The van der Waals surface area contributed by atoms with Crippen molar-refractivity contribution in [3.8, 4) is 11.5 Å². The number of likely N-dealkylation sites (N-methyl/N-ethyl adjacent to an activating group) is 1. The third kappa shape index (κ3) is 3.44. The van der Waals surface area contributed by atoms with Gasteiger partial charge in [-0.2, -0.15) is 4.31 Å². The number of hydrogen-bond donors (Lipinski definition) is 1. The highest BCUT2D eigenvalue weighted by atomic mass is 32.2. The van der Waals surface area contributed by atoms with Gasteiger partial charge < -0.3 is 14.6 Å². The summed E-state index contributed by atoms with van der Waals surface area (Å²) in [6, 6.07) is 3.17. The molecule has 1 aromatic rings. The summed E-state index contributed by atoms with van der Waals surface area (Å²) in [5.41, 5.74) is 0. The normalized spacial score (nSPS) is 23.9. The van der Waals surface area contributed by atoms with Crippen molar-refractivity contribution < 1.29 is 31.4 Å². The Morgan fingerprint density at radius 2 is 1.87 bits per heavy atom. The van der Waals surface area contributed by atoms with E-state index in [0.29, 0.717) is 5.75 Å². The highest BCUT2D eigenvalue weighted by Crippen LogP contribution is 2.32. The van der Waals surface area contributed by atoms with Crippen molar-refractivity contribution in [1.29, 1.82) is 0 Å². The van der Waals surface area contributed by atoms with E-state index in [2.05, 4.69) is 0 Å². The molecule has 0 bridgehead atoms. The summed E-state index contributed by atoms with van der Waals surface area (Å²) in [6.45, 7) is 0. The summed E-state index contributed by atoms with van der Waals surface area (Å²) < 4.78 is 59.7. The van der Waals surface area contributed by atoms with Crippen molar-refractivity contribution in [2.45, 2.75) is 17.0 Å². The minimum absolute atomic E-state index is 0.0755. The van der Waals surface area contributed by atoms with Crippen LogP contribution < -0.4 is 9.47 Å². The van der Waals surface area contributed by atoms with E-state index in [-0.39, 0.29) is 10.6 Å². The first-order valence-electron chi connectivity index (χ1n) is 6.71.